The molecule has 13 nitrogen and oxygen atoms in total. The van der Waals surface area contributed by atoms with Gasteiger partial charge < -0.3 is 38.8 Å². The number of carbonyl (C=O) groups excluding carboxylic acids is 5. The van der Waals surface area contributed by atoms with E-state index in [4.69, 9.17) is 23.7 Å². The van der Waals surface area contributed by atoms with E-state index in [-0.39, 0.29) is 30.8 Å². The third-order valence-electron chi connectivity index (χ3n) is 11.3. The fourth-order valence-corrected chi connectivity index (χ4v) is 7.91. The van der Waals surface area contributed by atoms with E-state index in [9.17, 15) is 24.0 Å². The van der Waals surface area contributed by atoms with E-state index in [1.165, 1.54) is 20.8 Å². The highest BCUT2D eigenvalue weighted by atomic mass is 16.6. The number of nitrogens with zero attached hydrogens (tertiary/aromatic N) is 2. The summed E-state index contributed by atoms with van der Waals surface area (Å²) in [6.07, 6.45) is 3.39. The Labute approximate surface area is 338 Å². The highest BCUT2D eigenvalue weighted by Crippen LogP contribution is 2.44. The maximum atomic E-state index is 13.5. The Hall–Kier alpha value is -4.49. The molecule has 1 aromatic rings. The van der Waals surface area contributed by atoms with Crippen molar-refractivity contribution in [3.8, 4) is 0 Å². The van der Waals surface area contributed by atoms with Crippen molar-refractivity contribution >= 4 is 35.8 Å². The summed E-state index contributed by atoms with van der Waals surface area (Å²) in [7, 11) is 3.62. The second-order valence-corrected chi connectivity index (χ2v) is 16.8. The van der Waals surface area contributed by atoms with Gasteiger partial charge in [-0.05, 0) is 89.3 Å². The Morgan fingerprint density at radius 1 is 0.947 bits per heavy atom. The third-order valence-corrected chi connectivity index (χ3v) is 11.3. The van der Waals surface area contributed by atoms with Crippen molar-refractivity contribution in [2.24, 2.45) is 17.3 Å². The maximum Gasteiger partial charge on any atom is 0.303 e. The molecule has 0 saturated carbocycles. The molecular weight excluding hydrogens is 730 g/mol. The minimum atomic E-state index is -1.04. The number of nitrogens with one attached hydrogen (secondary N) is 1. The van der Waals surface area contributed by atoms with Gasteiger partial charge in [0.1, 0.15) is 30.1 Å². The topological polar surface area (TPSA) is 150 Å². The van der Waals surface area contributed by atoms with Crippen LogP contribution in [-0.2, 0) is 54.1 Å². The molecule has 13 heteroatoms. The number of ether oxygens (including phenoxy) is 5. The van der Waals surface area contributed by atoms with Crippen LogP contribution >= 0.6 is 0 Å². The first-order chi connectivity index (χ1) is 26.6. The number of esters is 3. The molecule has 0 radical (unpaired) electrons. The number of piperazine rings is 1. The van der Waals surface area contributed by atoms with Crippen molar-refractivity contribution in [3.63, 3.8) is 0 Å². The summed E-state index contributed by atoms with van der Waals surface area (Å²) in [6.45, 7) is 20.1. The highest BCUT2D eigenvalue weighted by molar-refractivity contribution is 5.93. The van der Waals surface area contributed by atoms with E-state index in [0.29, 0.717) is 25.3 Å². The molecule has 1 N–H and O–H groups in total. The summed E-state index contributed by atoms with van der Waals surface area (Å²) in [5, 5.41) is 3.00. The van der Waals surface area contributed by atoms with Crippen LogP contribution in [0.5, 0.6) is 0 Å². The van der Waals surface area contributed by atoms with Gasteiger partial charge in [-0.3, -0.25) is 24.0 Å². The summed E-state index contributed by atoms with van der Waals surface area (Å²) in [4.78, 5) is 67.2. The van der Waals surface area contributed by atoms with E-state index < -0.39 is 59.2 Å². The van der Waals surface area contributed by atoms with Crippen LogP contribution in [0.25, 0.3) is 6.08 Å². The van der Waals surface area contributed by atoms with Crippen LogP contribution in [0.3, 0.4) is 0 Å². The lowest BCUT2D eigenvalue weighted by atomic mass is 9.72. The van der Waals surface area contributed by atoms with Gasteiger partial charge in [0.25, 0.3) is 0 Å². The fraction of sp³-hybridized carbons (Fsp3) is 0.614. The van der Waals surface area contributed by atoms with E-state index >= 15 is 0 Å². The van der Waals surface area contributed by atoms with Crippen LogP contribution < -0.4 is 5.32 Å². The first kappa shape index (κ1) is 45.2. The second kappa shape index (κ2) is 18.8. The first-order valence-electron chi connectivity index (χ1n) is 19.8. The Morgan fingerprint density at radius 3 is 2.18 bits per heavy atom. The fourth-order valence-electron chi connectivity index (χ4n) is 7.91. The molecule has 57 heavy (non-hydrogen) atoms. The third kappa shape index (κ3) is 11.6. The Morgan fingerprint density at radius 2 is 1.60 bits per heavy atom. The summed E-state index contributed by atoms with van der Waals surface area (Å²) < 4.78 is 29.3. The van der Waals surface area contributed by atoms with Gasteiger partial charge in [-0.1, -0.05) is 42.8 Å². The summed E-state index contributed by atoms with van der Waals surface area (Å²) in [6, 6.07) is 6.19. The molecule has 0 bridgehead atoms. The zero-order valence-electron chi connectivity index (χ0n) is 35.9. The lowest BCUT2D eigenvalue weighted by molar-refractivity contribution is -0.223. The molecule has 4 rings (SSSR count). The molecule has 1 aliphatic carbocycles. The van der Waals surface area contributed by atoms with Crippen molar-refractivity contribution in [1.82, 2.24) is 15.1 Å². The van der Waals surface area contributed by atoms with Crippen LogP contribution in [-0.4, -0.2) is 116 Å². The number of aryl methyl sites for hydroxylation is 1. The average molecular weight is 794 g/mol. The van der Waals surface area contributed by atoms with Crippen molar-refractivity contribution in [1.29, 1.82) is 0 Å². The molecule has 1 aromatic carbocycles. The molecule has 2 aliphatic heterocycles. The van der Waals surface area contributed by atoms with Crippen LogP contribution in [0, 0.1) is 24.2 Å². The van der Waals surface area contributed by atoms with Crippen LogP contribution in [0.4, 0.5) is 0 Å². The van der Waals surface area contributed by atoms with E-state index in [1.54, 1.807) is 21.0 Å². The average Bonchev–Trinajstić information content (AvgIpc) is 3.12. The molecule has 6 unspecified atom stereocenters. The lowest BCUT2D eigenvalue weighted by Gasteiger charge is -2.46. The predicted molar refractivity (Wildman–Crippen MR) is 215 cm³/mol. The predicted octanol–water partition coefficient (Wildman–Crippen LogP) is 4.94. The molecule has 314 valence electrons. The Bertz CT molecular complexity index is 1770. The molecule has 2 amide bonds. The van der Waals surface area contributed by atoms with Crippen molar-refractivity contribution in [3.05, 3.63) is 63.9 Å². The van der Waals surface area contributed by atoms with Crippen molar-refractivity contribution in [2.45, 2.75) is 112 Å². The number of rotatable bonds is 13. The standard InChI is InChI=1S/C44H63N3O10/c1-26-21-32(15-16-43(7,8)41(51)45-44(9,10)42(52)47-19-17-46(11)18-20-47)13-14-33(26)23-35-27(2)22-36(53-12)38(28(35)3)40-39(56-31(6)50)37(55-30(5)49)24-34(57-40)25-54-29(4)48/h13-16,21-22,28,34,37-40H,17-20,23-25H2,1-12H3,(H,45,51). The van der Waals surface area contributed by atoms with Crippen LogP contribution in [0.1, 0.15) is 85.4 Å². The lowest BCUT2D eigenvalue weighted by Crippen LogP contribution is -2.60. The molecule has 6 atom stereocenters. The van der Waals surface area contributed by atoms with Gasteiger partial charge in [0.2, 0.25) is 11.8 Å². The smallest absolute Gasteiger partial charge is 0.303 e. The first-order valence-corrected chi connectivity index (χ1v) is 19.8. The number of hydrogen-bond acceptors (Lipinski definition) is 11. The normalized spacial score (nSPS) is 24.8. The van der Waals surface area contributed by atoms with Crippen molar-refractivity contribution < 1.29 is 47.7 Å². The van der Waals surface area contributed by atoms with Crippen molar-refractivity contribution in [2.75, 3.05) is 46.9 Å². The van der Waals surface area contributed by atoms with Gasteiger partial charge in [0.15, 0.2) is 6.10 Å². The second-order valence-electron chi connectivity index (χ2n) is 16.8. The largest absolute Gasteiger partial charge is 0.501 e. The molecule has 0 spiro atoms. The molecule has 3 aliphatic rings. The number of benzene rings is 1. The monoisotopic (exact) mass is 793 g/mol. The number of hydrogen-bond donors (Lipinski definition) is 1. The highest BCUT2D eigenvalue weighted by Gasteiger charge is 2.50. The quantitative estimate of drug-likeness (QED) is 0.214. The zero-order chi connectivity index (χ0) is 42.4. The van der Waals surface area contributed by atoms with Gasteiger partial charge >= 0.3 is 17.9 Å². The minimum absolute atomic E-state index is 0.0539. The maximum absolute atomic E-state index is 13.5. The molecule has 2 saturated heterocycles. The van der Waals surface area contributed by atoms with Gasteiger partial charge in [-0.15, -0.1) is 0 Å². The van der Waals surface area contributed by atoms with Gasteiger partial charge in [-0.25, -0.2) is 0 Å². The molecular formula is C44H63N3O10. The van der Waals surface area contributed by atoms with E-state index in [0.717, 1.165) is 40.9 Å². The van der Waals surface area contributed by atoms with Gasteiger partial charge in [0, 0.05) is 53.4 Å². The summed E-state index contributed by atoms with van der Waals surface area (Å²) in [5.41, 5.74) is 3.34. The number of allylic oxidation sites excluding steroid dienone is 3. The van der Waals surface area contributed by atoms with Crippen LogP contribution in [0.15, 0.2) is 47.3 Å². The minimum Gasteiger partial charge on any atom is -0.501 e. The summed E-state index contributed by atoms with van der Waals surface area (Å²) in [5.74, 6) is -1.83. The number of amides is 2. The Kier molecular flexibility index (Phi) is 14.9. The molecule has 2 fully saturated rings. The van der Waals surface area contributed by atoms with Gasteiger partial charge in [0.05, 0.1) is 24.5 Å². The van der Waals surface area contributed by atoms with Gasteiger partial charge in [-0.2, -0.15) is 0 Å². The number of carbonyl (C=O) groups is 5. The SMILES string of the molecule is COC1=CC(C)=C(Cc2ccc(C=CC(C)(C)C(=O)NC(C)(C)C(=O)N3CCN(C)CC3)cc2C)C(C)C1C1OC(COC(C)=O)CC(OC(C)=O)C1OC(C)=O. The van der Waals surface area contributed by atoms with E-state index in [2.05, 4.69) is 36.2 Å². The zero-order valence-corrected chi connectivity index (χ0v) is 35.9. The number of methoxy groups -OCH3 is 1. The van der Waals surface area contributed by atoms with Crippen LogP contribution in [0.2, 0.25) is 0 Å². The molecule has 0 aromatic heterocycles. The van der Waals surface area contributed by atoms with E-state index in [1.807, 2.05) is 57.0 Å². The summed E-state index contributed by atoms with van der Waals surface area (Å²) >= 11 is 0. The number of likely N-dealkylation sites (N-methyl/N-ethyl adjacent to an activating group) is 1. The molecule has 2 heterocycles. The Balaban J connectivity index is 1.54.